The van der Waals surface area contributed by atoms with Crippen LogP contribution in [0.5, 0.6) is 0 Å². The number of aryl methyl sites for hydroxylation is 1. The molecule has 0 aliphatic rings. The van der Waals surface area contributed by atoms with Gasteiger partial charge >= 0.3 is 0 Å². The molecule has 0 saturated carbocycles. The van der Waals surface area contributed by atoms with Crippen molar-refractivity contribution in [1.82, 2.24) is 15.6 Å². The van der Waals surface area contributed by atoms with Gasteiger partial charge in [0.05, 0.1) is 18.2 Å². The number of aliphatic imine (C=N–C) groups is 1. The summed E-state index contributed by atoms with van der Waals surface area (Å²) in [5.41, 5.74) is 0. The fourth-order valence-corrected chi connectivity index (χ4v) is 2.11. The van der Waals surface area contributed by atoms with Crippen LogP contribution in [0, 0.1) is 6.92 Å². The van der Waals surface area contributed by atoms with E-state index in [1.54, 1.807) is 25.5 Å². The van der Waals surface area contributed by atoms with Gasteiger partial charge in [0, 0.05) is 31.3 Å². The minimum Gasteiger partial charge on any atom is -0.383 e. The Labute approximate surface area is 106 Å². The third-order valence-electron chi connectivity index (χ3n) is 2.12. The summed E-state index contributed by atoms with van der Waals surface area (Å²) in [6.07, 6.45) is 1.89. The van der Waals surface area contributed by atoms with Gasteiger partial charge in [0.15, 0.2) is 5.96 Å². The van der Waals surface area contributed by atoms with Crippen molar-refractivity contribution in [2.45, 2.75) is 26.4 Å². The summed E-state index contributed by atoms with van der Waals surface area (Å²) >= 11 is 1.69. The molecule has 0 aliphatic carbocycles. The van der Waals surface area contributed by atoms with Crippen molar-refractivity contribution < 1.29 is 4.74 Å². The molecule has 6 heteroatoms. The Bertz CT molecular complexity index is 364. The number of nitrogens with zero attached hydrogens (tertiary/aromatic N) is 2. The normalized spacial score (nSPS) is 13.5. The van der Waals surface area contributed by atoms with E-state index in [1.807, 2.05) is 20.0 Å². The molecule has 0 bridgehead atoms. The molecule has 0 saturated heterocycles. The third kappa shape index (κ3) is 5.14. The molecule has 1 unspecified atom stereocenters. The van der Waals surface area contributed by atoms with Crippen molar-refractivity contribution in [2.75, 3.05) is 20.8 Å². The topological polar surface area (TPSA) is 58.5 Å². The number of aromatic nitrogens is 1. The summed E-state index contributed by atoms with van der Waals surface area (Å²) in [5, 5.41) is 7.57. The van der Waals surface area contributed by atoms with Gasteiger partial charge in [-0.2, -0.15) is 0 Å². The molecule has 0 aromatic carbocycles. The summed E-state index contributed by atoms with van der Waals surface area (Å²) in [4.78, 5) is 9.56. The molecule has 1 atom stereocenters. The Hall–Kier alpha value is -1.14. The summed E-state index contributed by atoms with van der Waals surface area (Å²) in [5.74, 6) is 0.778. The van der Waals surface area contributed by atoms with E-state index in [1.165, 1.54) is 4.88 Å². The highest BCUT2D eigenvalue weighted by Gasteiger charge is 2.05. The van der Waals surface area contributed by atoms with E-state index in [0.717, 1.165) is 17.5 Å². The van der Waals surface area contributed by atoms with Gasteiger partial charge in [-0.3, -0.25) is 4.99 Å². The molecule has 1 rings (SSSR count). The van der Waals surface area contributed by atoms with Gasteiger partial charge in [0.25, 0.3) is 0 Å². The number of hydrogen-bond donors (Lipinski definition) is 2. The fraction of sp³-hybridized carbons (Fsp3) is 0.636. The largest absolute Gasteiger partial charge is 0.383 e. The quantitative estimate of drug-likeness (QED) is 0.613. The molecule has 0 radical (unpaired) electrons. The molecule has 1 aromatic rings. The average molecular weight is 256 g/mol. The van der Waals surface area contributed by atoms with Crippen LogP contribution in [0.1, 0.15) is 16.8 Å². The first-order valence-electron chi connectivity index (χ1n) is 5.53. The lowest BCUT2D eigenvalue weighted by Gasteiger charge is -2.16. The van der Waals surface area contributed by atoms with E-state index in [-0.39, 0.29) is 6.04 Å². The summed E-state index contributed by atoms with van der Waals surface area (Å²) in [6, 6.07) is 0.231. The Balaban J connectivity index is 2.37. The zero-order valence-electron chi connectivity index (χ0n) is 10.8. The molecular formula is C11H20N4OS. The first-order chi connectivity index (χ1) is 8.15. The highest BCUT2D eigenvalue weighted by atomic mass is 32.1. The monoisotopic (exact) mass is 256 g/mol. The van der Waals surface area contributed by atoms with Gasteiger partial charge in [-0.15, -0.1) is 11.3 Å². The lowest BCUT2D eigenvalue weighted by molar-refractivity contribution is 0.179. The molecule has 1 aromatic heterocycles. The van der Waals surface area contributed by atoms with Crippen LogP contribution in [-0.2, 0) is 11.3 Å². The number of ether oxygens (including phenoxy) is 1. The van der Waals surface area contributed by atoms with Crippen molar-refractivity contribution in [2.24, 2.45) is 4.99 Å². The zero-order valence-corrected chi connectivity index (χ0v) is 11.6. The second-order valence-electron chi connectivity index (χ2n) is 3.77. The number of hydrogen-bond acceptors (Lipinski definition) is 4. The SMILES string of the molecule is CN=C(NCc1cnc(C)s1)NC(C)COC. The highest BCUT2D eigenvalue weighted by molar-refractivity contribution is 7.11. The van der Waals surface area contributed by atoms with Gasteiger partial charge in [0.1, 0.15) is 0 Å². The van der Waals surface area contributed by atoms with Crippen molar-refractivity contribution in [3.63, 3.8) is 0 Å². The van der Waals surface area contributed by atoms with Crippen LogP contribution in [0.25, 0.3) is 0 Å². The Kier molecular flexibility index (Phi) is 5.93. The molecule has 0 aliphatic heterocycles. The van der Waals surface area contributed by atoms with Crippen LogP contribution in [0.3, 0.4) is 0 Å². The molecule has 1 heterocycles. The lowest BCUT2D eigenvalue weighted by atomic mass is 10.4. The second kappa shape index (κ2) is 7.24. The Morgan fingerprint density at radius 1 is 1.65 bits per heavy atom. The van der Waals surface area contributed by atoms with Crippen LogP contribution in [0.4, 0.5) is 0 Å². The third-order valence-corrected chi connectivity index (χ3v) is 3.04. The van der Waals surface area contributed by atoms with Crippen LogP contribution in [0.2, 0.25) is 0 Å². The lowest BCUT2D eigenvalue weighted by Crippen LogP contribution is -2.43. The maximum atomic E-state index is 5.06. The van der Waals surface area contributed by atoms with Gasteiger partial charge < -0.3 is 15.4 Å². The van der Waals surface area contributed by atoms with E-state index in [2.05, 4.69) is 20.6 Å². The van der Waals surface area contributed by atoms with E-state index >= 15 is 0 Å². The fourth-order valence-electron chi connectivity index (χ4n) is 1.38. The molecule has 0 spiro atoms. The summed E-state index contributed by atoms with van der Waals surface area (Å²) in [7, 11) is 3.45. The van der Waals surface area contributed by atoms with Gasteiger partial charge in [0.2, 0.25) is 0 Å². The van der Waals surface area contributed by atoms with Gasteiger partial charge in [-0.1, -0.05) is 0 Å². The highest BCUT2D eigenvalue weighted by Crippen LogP contribution is 2.10. The number of nitrogens with one attached hydrogen (secondary N) is 2. The average Bonchev–Trinajstić information content (AvgIpc) is 2.70. The maximum Gasteiger partial charge on any atom is 0.191 e. The smallest absolute Gasteiger partial charge is 0.191 e. The second-order valence-corrected chi connectivity index (χ2v) is 5.09. The van der Waals surface area contributed by atoms with Crippen LogP contribution in [0.15, 0.2) is 11.2 Å². The van der Waals surface area contributed by atoms with Crippen LogP contribution in [-0.4, -0.2) is 37.7 Å². The number of methoxy groups -OCH3 is 1. The minimum absolute atomic E-state index is 0.231. The molecule has 96 valence electrons. The molecule has 2 N–H and O–H groups in total. The van der Waals surface area contributed by atoms with Crippen LogP contribution < -0.4 is 10.6 Å². The molecule has 0 fully saturated rings. The van der Waals surface area contributed by atoms with Crippen molar-refractivity contribution in [3.8, 4) is 0 Å². The predicted molar refractivity (Wildman–Crippen MR) is 71.5 cm³/mol. The Morgan fingerprint density at radius 3 is 2.94 bits per heavy atom. The molecule has 5 nitrogen and oxygen atoms in total. The van der Waals surface area contributed by atoms with Gasteiger partial charge in [-0.05, 0) is 13.8 Å². The zero-order chi connectivity index (χ0) is 12.7. The Morgan fingerprint density at radius 2 is 2.41 bits per heavy atom. The maximum absolute atomic E-state index is 5.06. The van der Waals surface area contributed by atoms with E-state index in [4.69, 9.17) is 4.74 Å². The molecule has 0 amide bonds. The number of rotatable bonds is 5. The summed E-state index contributed by atoms with van der Waals surface area (Å²) < 4.78 is 5.06. The number of thiazole rings is 1. The summed E-state index contributed by atoms with van der Waals surface area (Å²) in [6.45, 7) is 5.44. The van der Waals surface area contributed by atoms with Crippen molar-refractivity contribution in [1.29, 1.82) is 0 Å². The van der Waals surface area contributed by atoms with E-state index < -0.39 is 0 Å². The van der Waals surface area contributed by atoms with Crippen LogP contribution >= 0.6 is 11.3 Å². The first-order valence-corrected chi connectivity index (χ1v) is 6.34. The first kappa shape index (κ1) is 13.9. The van der Waals surface area contributed by atoms with Gasteiger partial charge in [-0.25, -0.2) is 4.98 Å². The predicted octanol–water partition coefficient (Wildman–Crippen LogP) is 1.15. The minimum atomic E-state index is 0.231. The molecule has 17 heavy (non-hydrogen) atoms. The van der Waals surface area contributed by atoms with Crippen molar-refractivity contribution in [3.05, 3.63) is 16.1 Å². The molecular weight excluding hydrogens is 236 g/mol. The van der Waals surface area contributed by atoms with E-state index in [0.29, 0.717) is 6.61 Å². The number of guanidine groups is 1. The standard InChI is InChI=1S/C11H20N4OS/c1-8(7-16-4)15-11(12-3)14-6-10-5-13-9(2)17-10/h5,8H,6-7H2,1-4H3,(H2,12,14,15). The van der Waals surface area contributed by atoms with E-state index in [9.17, 15) is 0 Å². The van der Waals surface area contributed by atoms with Crippen molar-refractivity contribution >= 4 is 17.3 Å².